The fourth-order valence-corrected chi connectivity index (χ4v) is 5.51. The first-order chi connectivity index (χ1) is 16.3. The molecule has 168 valence electrons. The third kappa shape index (κ3) is 3.36. The van der Waals surface area contributed by atoms with Gasteiger partial charge >= 0.3 is 0 Å². The normalized spacial score (nSPS) is 19.8. The zero-order valence-corrected chi connectivity index (χ0v) is 19.0. The molecule has 0 bridgehead atoms. The van der Waals surface area contributed by atoms with Gasteiger partial charge in [0, 0.05) is 30.4 Å². The Morgan fingerprint density at radius 3 is 2.58 bits per heavy atom. The smallest absolute Gasteiger partial charge is 0.231 e. The molecule has 3 aliphatic heterocycles. The predicted octanol–water partition coefficient (Wildman–Crippen LogP) is 6.27. The van der Waals surface area contributed by atoms with Crippen LogP contribution < -0.4 is 19.1 Å². The molecule has 3 aliphatic rings. The van der Waals surface area contributed by atoms with Crippen molar-refractivity contribution in [3.8, 4) is 17.2 Å². The topological polar surface area (TPSA) is 30.9 Å². The molecule has 0 fully saturated rings. The first kappa shape index (κ1) is 20.2. The van der Waals surface area contributed by atoms with Crippen molar-refractivity contribution in [1.29, 1.82) is 0 Å². The van der Waals surface area contributed by atoms with Crippen LogP contribution in [0.1, 0.15) is 48.4 Å². The van der Waals surface area contributed by atoms with Gasteiger partial charge in [-0.25, -0.2) is 0 Å². The summed E-state index contributed by atoms with van der Waals surface area (Å²) >= 11 is 0. The predicted molar refractivity (Wildman–Crippen MR) is 132 cm³/mol. The number of hydrogen-bond acceptors (Lipinski definition) is 4. The minimum absolute atomic E-state index is 0.213. The van der Waals surface area contributed by atoms with Crippen molar-refractivity contribution in [3.05, 3.63) is 82.9 Å². The maximum absolute atomic E-state index is 6.32. The van der Waals surface area contributed by atoms with E-state index in [4.69, 9.17) is 14.2 Å². The van der Waals surface area contributed by atoms with Gasteiger partial charge < -0.3 is 19.1 Å². The average Bonchev–Trinajstić information content (AvgIpc) is 3.54. The molecule has 3 aromatic rings. The van der Waals surface area contributed by atoms with Gasteiger partial charge in [-0.1, -0.05) is 74.4 Å². The van der Waals surface area contributed by atoms with Crippen molar-refractivity contribution in [1.82, 2.24) is 0 Å². The molecule has 0 amide bonds. The quantitative estimate of drug-likeness (QED) is 0.334. The van der Waals surface area contributed by atoms with Gasteiger partial charge in [0.15, 0.2) is 11.5 Å². The van der Waals surface area contributed by atoms with Gasteiger partial charge in [0.05, 0.1) is 5.41 Å². The second-order valence-electron chi connectivity index (χ2n) is 9.19. The maximum Gasteiger partial charge on any atom is 0.231 e. The zero-order valence-electron chi connectivity index (χ0n) is 19.0. The summed E-state index contributed by atoms with van der Waals surface area (Å²) in [4.78, 5) is 2.56. The Bertz CT molecular complexity index is 1200. The molecule has 6 rings (SSSR count). The first-order valence-corrected chi connectivity index (χ1v) is 12.0. The van der Waals surface area contributed by atoms with Crippen LogP contribution in [0.15, 0.2) is 60.7 Å². The van der Waals surface area contributed by atoms with Crippen LogP contribution in [0.2, 0.25) is 0 Å². The molecular weight excluding hydrogens is 410 g/mol. The third-order valence-electron chi connectivity index (χ3n) is 7.11. The average molecular weight is 440 g/mol. The summed E-state index contributed by atoms with van der Waals surface area (Å²) in [5.74, 6) is 2.52. The summed E-state index contributed by atoms with van der Waals surface area (Å²) in [5, 5.41) is 0. The molecule has 0 aromatic heterocycles. The van der Waals surface area contributed by atoms with Crippen LogP contribution in [0.5, 0.6) is 17.2 Å². The van der Waals surface area contributed by atoms with Crippen LogP contribution in [0.25, 0.3) is 12.2 Å². The van der Waals surface area contributed by atoms with Gasteiger partial charge in [-0.2, -0.15) is 0 Å². The minimum Gasteiger partial charge on any atom is -0.492 e. The number of benzene rings is 3. The van der Waals surface area contributed by atoms with Crippen molar-refractivity contribution in [2.75, 3.05) is 31.4 Å². The second-order valence-corrected chi connectivity index (χ2v) is 9.19. The molecule has 0 saturated heterocycles. The Balaban J connectivity index is 1.47. The molecule has 0 radical (unpaired) electrons. The third-order valence-corrected chi connectivity index (χ3v) is 7.11. The molecule has 3 aromatic carbocycles. The van der Waals surface area contributed by atoms with E-state index in [0.717, 1.165) is 30.3 Å². The standard InChI is InChI=1S/C29H29NO3/c1-2-3-7-15-30-18-29(19-31-25-17-27-26(16-23(25)29)32-20-33-27)28-22(11-8-12-24(28)30)14-13-21-9-5-4-6-10-21/h4-6,8-14,16-17H,2-3,7,15,18-20H2,1H3/b14-13+. The molecule has 4 nitrogen and oxygen atoms in total. The van der Waals surface area contributed by atoms with Crippen LogP contribution in [-0.4, -0.2) is 26.5 Å². The molecule has 1 spiro atoms. The highest BCUT2D eigenvalue weighted by molar-refractivity contribution is 5.80. The Hall–Kier alpha value is -3.40. The lowest BCUT2D eigenvalue weighted by molar-refractivity contribution is 0.173. The lowest BCUT2D eigenvalue weighted by Gasteiger charge is -2.26. The first-order valence-electron chi connectivity index (χ1n) is 12.0. The molecule has 0 aliphatic carbocycles. The Labute approximate surface area is 195 Å². The van der Waals surface area contributed by atoms with Gasteiger partial charge in [0.25, 0.3) is 0 Å². The number of hydrogen-bond donors (Lipinski definition) is 0. The number of fused-ring (bicyclic) bond motifs is 5. The minimum atomic E-state index is -0.213. The number of unbranched alkanes of at least 4 members (excludes halogenated alkanes) is 2. The number of nitrogens with zero attached hydrogens (tertiary/aromatic N) is 1. The lowest BCUT2D eigenvalue weighted by Crippen LogP contribution is -2.36. The van der Waals surface area contributed by atoms with Crippen LogP contribution in [0.4, 0.5) is 5.69 Å². The van der Waals surface area contributed by atoms with E-state index in [2.05, 4.69) is 78.6 Å². The van der Waals surface area contributed by atoms with Crippen LogP contribution >= 0.6 is 0 Å². The second kappa shape index (κ2) is 8.18. The van der Waals surface area contributed by atoms with Crippen molar-refractivity contribution < 1.29 is 14.2 Å². The highest BCUT2D eigenvalue weighted by Crippen LogP contribution is 2.55. The van der Waals surface area contributed by atoms with Crippen LogP contribution in [-0.2, 0) is 5.41 Å². The van der Waals surface area contributed by atoms with Crippen molar-refractivity contribution >= 4 is 17.8 Å². The van der Waals surface area contributed by atoms with Gasteiger partial charge in [0.2, 0.25) is 6.79 Å². The summed E-state index contributed by atoms with van der Waals surface area (Å²) in [6, 6.07) is 21.4. The molecule has 33 heavy (non-hydrogen) atoms. The van der Waals surface area contributed by atoms with E-state index in [1.807, 2.05) is 6.07 Å². The van der Waals surface area contributed by atoms with Crippen LogP contribution in [0, 0.1) is 0 Å². The monoisotopic (exact) mass is 439 g/mol. The lowest BCUT2D eigenvalue weighted by atomic mass is 9.75. The molecular formula is C29H29NO3. The van der Waals surface area contributed by atoms with E-state index in [0.29, 0.717) is 6.61 Å². The van der Waals surface area contributed by atoms with Crippen molar-refractivity contribution in [2.45, 2.75) is 31.6 Å². The summed E-state index contributed by atoms with van der Waals surface area (Å²) in [5.41, 5.74) is 6.15. The fraction of sp³-hybridized carbons (Fsp3) is 0.310. The molecule has 3 heterocycles. The Morgan fingerprint density at radius 1 is 0.879 bits per heavy atom. The summed E-state index contributed by atoms with van der Waals surface area (Å²) in [6.07, 6.45) is 8.14. The van der Waals surface area contributed by atoms with E-state index in [1.54, 1.807) is 0 Å². The van der Waals surface area contributed by atoms with Gasteiger partial charge in [-0.3, -0.25) is 0 Å². The molecule has 4 heteroatoms. The maximum atomic E-state index is 6.32. The highest BCUT2D eigenvalue weighted by atomic mass is 16.7. The number of rotatable bonds is 6. The van der Waals surface area contributed by atoms with Crippen LogP contribution in [0.3, 0.4) is 0 Å². The van der Waals surface area contributed by atoms with E-state index in [9.17, 15) is 0 Å². The summed E-state index contributed by atoms with van der Waals surface area (Å²) in [7, 11) is 0. The fourth-order valence-electron chi connectivity index (χ4n) is 5.51. The van der Waals surface area contributed by atoms with Crippen molar-refractivity contribution in [3.63, 3.8) is 0 Å². The number of anilines is 1. The van der Waals surface area contributed by atoms with E-state index in [1.165, 1.54) is 47.2 Å². The van der Waals surface area contributed by atoms with Gasteiger partial charge in [-0.05, 0) is 35.2 Å². The van der Waals surface area contributed by atoms with E-state index < -0.39 is 0 Å². The zero-order chi connectivity index (χ0) is 22.3. The largest absolute Gasteiger partial charge is 0.492 e. The summed E-state index contributed by atoms with van der Waals surface area (Å²) < 4.78 is 17.7. The van der Waals surface area contributed by atoms with Crippen molar-refractivity contribution in [2.24, 2.45) is 0 Å². The SMILES string of the molecule is CCCCCN1CC2(COc3cc4c(cc32)OCO4)c2c(/C=C/c3ccccc3)cccc21. The van der Waals surface area contributed by atoms with E-state index in [-0.39, 0.29) is 12.2 Å². The molecule has 1 atom stereocenters. The summed E-state index contributed by atoms with van der Waals surface area (Å²) in [6.45, 7) is 5.16. The molecule has 0 saturated carbocycles. The van der Waals surface area contributed by atoms with E-state index >= 15 is 0 Å². The Morgan fingerprint density at radius 2 is 1.73 bits per heavy atom. The molecule has 1 unspecified atom stereocenters. The highest BCUT2D eigenvalue weighted by Gasteiger charge is 2.51. The number of ether oxygens (including phenoxy) is 3. The van der Waals surface area contributed by atoms with Gasteiger partial charge in [0.1, 0.15) is 12.4 Å². The van der Waals surface area contributed by atoms with Gasteiger partial charge in [-0.15, -0.1) is 0 Å². The molecule has 0 N–H and O–H groups in total. The Kier molecular flexibility index (Phi) is 5.01.